The van der Waals surface area contributed by atoms with Crippen LogP contribution < -0.4 is 0 Å². The lowest BCUT2D eigenvalue weighted by atomic mass is 10.4. The minimum atomic E-state index is -0.107. The van der Waals surface area contributed by atoms with Crippen LogP contribution in [-0.4, -0.2) is 29.6 Å². The molecule has 0 aromatic heterocycles. The van der Waals surface area contributed by atoms with Crippen LogP contribution in [0, 0.1) is 0 Å². The molecule has 16 heavy (non-hydrogen) atoms. The van der Waals surface area contributed by atoms with Crippen molar-refractivity contribution >= 4 is 29.3 Å². The topological polar surface area (TPSA) is 20.3 Å². The molecular formula is C12H16ClNOS. The maximum atomic E-state index is 11.9. The van der Waals surface area contributed by atoms with Crippen molar-refractivity contribution in [1.82, 2.24) is 4.90 Å². The smallest absolute Gasteiger partial charge is 0.235 e. The molecular weight excluding hydrogens is 242 g/mol. The summed E-state index contributed by atoms with van der Waals surface area (Å²) < 4.78 is 0. The van der Waals surface area contributed by atoms with Crippen LogP contribution >= 0.6 is 23.4 Å². The van der Waals surface area contributed by atoms with E-state index >= 15 is 0 Å². The predicted octanol–water partition coefficient (Wildman–Crippen LogP) is 3.30. The van der Waals surface area contributed by atoms with Crippen molar-refractivity contribution in [3.8, 4) is 0 Å². The Morgan fingerprint density at radius 2 is 2.12 bits per heavy atom. The van der Waals surface area contributed by atoms with Crippen molar-refractivity contribution in [3.05, 3.63) is 29.3 Å². The summed E-state index contributed by atoms with van der Waals surface area (Å²) in [5.41, 5.74) is 0. The van der Waals surface area contributed by atoms with Crippen LogP contribution in [0.5, 0.6) is 0 Å². The van der Waals surface area contributed by atoms with E-state index in [1.165, 1.54) is 11.8 Å². The molecule has 0 saturated heterocycles. The molecule has 1 aromatic rings. The molecule has 0 spiro atoms. The first-order chi connectivity index (χ1) is 7.56. The van der Waals surface area contributed by atoms with Gasteiger partial charge in [-0.2, -0.15) is 0 Å². The summed E-state index contributed by atoms with van der Waals surface area (Å²) >= 11 is 7.54. The molecule has 0 radical (unpaired) electrons. The number of benzene rings is 1. The number of carbonyl (C=O) groups is 1. The van der Waals surface area contributed by atoms with Gasteiger partial charge in [0.2, 0.25) is 5.91 Å². The third kappa shape index (κ3) is 3.42. The lowest BCUT2D eigenvalue weighted by Gasteiger charge is -2.19. The van der Waals surface area contributed by atoms with Crippen LogP contribution in [0.15, 0.2) is 29.2 Å². The summed E-state index contributed by atoms with van der Waals surface area (Å²) in [6.07, 6.45) is 0. The molecule has 0 bridgehead atoms. The normalized spacial score (nSPS) is 12.2. The fraction of sp³-hybridized carbons (Fsp3) is 0.417. The molecule has 0 N–H and O–H groups in total. The number of rotatable bonds is 4. The largest absolute Gasteiger partial charge is 0.345 e. The number of carbonyl (C=O) groups excluding carboxylic acids is 1. The third-order valence-electron chi connectivity index (χ3n) is 2.34. The molecule has 0 aliphatic rings. The highest BCUT2D eigenvalue weighted by molar-refractivity contribution is 8.00. The number of hydrogen-bond donors (Lipinski definition) is 0. The Labute approximate surface area is 106 Å². The van der Waals surface area contributed by atoms with Gasteiger partial charge >= 0.3 is 0 Å². The zero-order valence-corrected chi connectivity index (χ0v) is 11.3. The molecule has 88 valence electrons. The van der Waals surface area contributed by atoms with E-state index in [0.29, 0.717) is 5.02 Å². The van der Waals surface area contributed by atoms with Gasteiger partial charge in [0.1, 0.15) is 0 Å². The quantitative estimate of drug-likeness (QED) is 0.772. The maximum absolute atomic E-state index is 11.9. The van der Waals surface area contributed by atoms with Gasteiger partial charge in [0.15, 0.2) is 0 Å². The van der Waals surface area contributed by atoms with E-state index in [2.05, 4.69) is 0 Å². The van der Waals surface area contributed by atoms with Crippen molar-refractivity contribution in [2.45, 2.75) is 24.0 Å². The molecule has 1 atom stereocenters. The van der Waals surface area contributed by atoms with Gasteiger partial charge in [0.05, 0.1) is 10.3 Å². The summed E-state index contributed by atoms with van der Waals surface area (Å²) in [5.74, 6) is 0.132. The Morgan fingerprint density at radius 3 is 2.69 bits per heavy atom. The summed E-state index contributed by atoms with van der Waals surface area (Å²) in [4.78, 5) is 14.5. The Hall–Kier alpha value is -0.670. The number of thioether (sulfide) groups is 1. The molecule has 0 fully saturated rings. The lowest BCUT2D eigenvalue weighted by Crippen LogP contribution is -2.32. The molecule has 0 heterocycles. The molecule has 2 nitrogen and oxygen atoms in total. The van der Waals surface area contributed by atoms with E-state index < -0.39 is 0 Å². The standard InChI is InChI=1S/C12H16ClNOS/c1-4-14(3)12(15)9(2)16-11-8-6-5-7-10(11)13/h5-9H,4H2,1-3H3. The summed E-state index contributed by atoms with van der Waals surface area (Å²) in [6, 6.07) is 7.58. The number of amides is 1. The van der Waals surface area contributed by atoms with Crippen molar-refractivity contribution < 1.29 is 4.79 Å². The van der Waals surface area contributed by atoms with Crippen LogP contribution in [-0.2, 0) is 4.79 Å². The number of hydrogen-bond acceptors (Lipinski definition) is 2. The Morgan fingerprint density at radius 1 is 1.50 bits per heavy atom. The van der Waals surface area contributed by atoms with Crippen LogP contribution in [0.1, 0.15) is 13.8 Å². The summed E-state index contributed by atoms with van der Waals surface area (Å²) in [7, 11) is 1.81. The van der Waals surface area contributed by atoms with Crippen LogP contribution in [0.25, 0.3) is 0 Å². The first-order valence-electron chi connectivity index (χ1n) is 5.22. The summed E-state index contributed by atoms with van der Waals surface area (Å²) in [5, 5.41) is 0.594. The average molecular weight is 258 g/mol. The maximum Gasteiger partial charge on any atom is 0.235 e. The van der Waals surface area contributed by atoms with Crippen molar-refractivity contribution in [2.24, 2.45) is 0 Å². The average Bonchev–Trinajstić information content (AvgIpc) is 2.30. The Bertz CT molecular complexity index is 370. The van der Waals surface area contributed by atoms with E-state index in [1.54, 1.807) is 4.90 Å². The number of halogens is 1. The molecule has 1 aromatic carbocycles. The zero-order chi connectivity index (χ0) is 12.1. The van der Waals surface area contributed by atoms with E-state index in [0.717, 1.165) is 11.4 Å². The van der Waals surface area contributed by atoms with Gasteiger partial charge in [-0.05, 0) is 26.0 Å². The number of nitrogens with zero attached hydrogens (tertiary/aromatic N) is 1. The van der Waals surface area contributed by atoms with Crippen LogP contribution in [0.3, 0.4) is 0 Å². The van der Waals surface area contributed by atoms with Crippen LogP contribution in [0.4, 0.5) is 0 Å². The molecule has 0 aliphatic carbocycles. The first-order valence-corrected chi connectivity index (χ1v) is 6.48. The van der Waals surface area contributed by atoms with E-state index in [1.807, 2.05) is 45.2 Å². The van der Waals surface area contributed by atoms with Gasteiger partial charge in [-0.15, -0.1) is 11.8 Å². The predicted molar refractivity (Wildman–Crippen MR) is 70.1 cm³/mol. The fourth-order valence-electron chi connectivity index (χ4n) is 1.25. The minimum Gasteiger partial charge on any atom is -0.345 e. The van der Waals surface area contributed by atoms with Gasteiger partial charge < -0.3 is 4.90 Å². The molecule has 0 saturated carbocycles. The molecule has 1 rings (SSSR count). The fourth-order valence-corrected chi connectivity index (χ4v) is 2.52. The van der Waals surface area contributed by atoms with Gasteiger partial charge in [0, 0.05) is 18.5 Å². The van der Waals surface area contributed by atoms with Crippen molar-refractivity contribution in [3.63, 3.8) is 0 Å². The Kier molecular flexibility index (Phi) is 5.16. The highest BCUT2D eigenvalue weighted by Crippen LogP contribution is 2.30. The highest BCUT2D eigenvalue weighted by atomic mass is 35.5. The van der Waals surface area contributed by atoms with Crippen molar-refractivity contribution in [1.29, 1.82) is 0 Å². The van der Waals surface area contributed by atoms with E-state index in [4.69, 9.17) is 11.6 Å². The third-order valence-corrected chi connectivity index (χ3v) is 3.95. The van der Waals surface area contributed by atoms with Gasteiger partial charge in [-0.1, -0.05) is 23.7 Å². The second-order valence-corrected chi connectivity index (χ2v) is 5.33. The van der Waals surface area contributed by atoms with Crippen molar-refractivity contribution in [2.75, 3.05) is 13.6 Å². The summed E-state index contributed by atoms with van der Waals surface area (Å²) in [6.45, 7) is 4.60. The molecule has 1 amide bonds. The van der Waals surface area contributed by atoms with Gasteiger partial charge in [0.25, 0.3) is 0 Å². The lowest BCUT2D eigenvalue weighted by molar-refractivity contribution is -0.128. The second-order valence-electron chi connectivity index (χ2n) is 3.54. The molecule has 0 aliphatic heterocycles. The Balaban J connectivity index is 2.68. The van der Waals surface area contributed by atoms with E-state index in [-0.39, 0.29) is 11.2 Å². The van der Waals surface area contributed by atoms with E-state index in [9.17, 15) is 4.79 Å². The first kappa shape index (κ1) is 13.4. The molecule has 4 heteroatoms. The SMILES string of the molecule is CCN(C)C(=O)C(C)Sc1ccccc1Cl. The highest BCUT2D eigenvalue weighted by Gasteiger charge is 2.18. The van der Waals surface area contributed by atoms with Crippen LogP contribution in [0.2, 0.25) is 5.02 Å². The second kappa shape index (κ2) is 6.16. The molecule has 1 unspecified atom stereocenters. The minimum absolute atomic E-state index is 0.107. The monoisotopic (exact) mass is 257 g/mol. The zero-order valence-electron chi connectivity index (χ0n) is 9.74. The van der Waals surface area contributed by atoms with Gasteiger partial charge in [-0.3, -0.25) is 4.79 Å². The van der Waals surface area contributed by atoms with Gasteiger partial charge in [-0.25, -0.2) is 0 Å².